The molecule has 16 heavy (non-hydrogen) atoms. The number of nitrogens with one attached hydrogen (secondary N) is 1. The van der Waals surface area contributed by atoms with E-state index >= 15 is 0 Å². The minimum Gasteiger partial charge on any atom is -0.372 e. The molecule has 2 rings (SSSR count). The van der Waals surface area contributed by atoms with Gasteiger partial charge in [0.25, 0.3) is 5.91 Å². The van der Waals surface area contributed by atoms with Crippen molar-refractivity contribution in [3.8, 4) is 0 Å². The molecular weight excluding hydrogens is 204 g/mol. The minimum atomic E-state index is -0.00991. The second kappa shape index (κ2) is 4.92. The molecular formula is C11H16N4O. The summed E-state index contributed by atoms with van der Waals surface area (Å²) in [6, 6.07) is 0. The van der Waals surface area contributed by atoms with Crippen molar-refractivity contribution in [3.63, 3.8) is 0 Å². The first kappa shape index (κ1) is 10.9. The molecule has 0 spiro atoms. The van der Waals surface area contributed by atoms with Gasteiger partial charge in [-0.15, -0.1) is 0 Å². The van der Waals surface area contributed by atoms with Crippen LogP contribution in [0.15, 0.2) is 12.4 Å². The summed E-state index contributed by atoms with van der Waals surface area (Å²) in [5.74, 6) is 0.618. The summed E-state index contributed by atoms with van der Waals surface area (Å²) in [7, 11) is 1.76. The van der Waals surface area contributed by atoms with E-state index in [1.807, 2.05) is 4.90 Å². The fourth-order valence-corrected chi connectivity index (χ4v) is 1.85. The predicted molar refractivity (Wildman–Crippen MR) is 61.3 cm³/mol. The zero-order valence-corrected chi connectivity index (χ0v) is 9.44. The smallest absolute Gasteiger partial charge is 0.274 e. The fourth-order valence-electron chi connectivity index (χ4n) is 1.85. The second-order valence-corrected chi connectivity index (χ2v) is 3.89. The number of hydrogen-bond donors (Lipinski definition) is 1. The maximum atomic E-state index is 12.1. The van der Waals surface area contributed by atoms with Gasteiger partial charge in [-0.3, -0.25) is 9.78 Å². The number of hydrogen-bond acceptors (Lipinski definition) is 4. The highest BCUT2D eigenvalue weighted by Crippen LogP contribution is 2.12. The first-order valence-electron chi connectivity index (χ1n) is 5.60. The van der Waals surface area contributed by atoms with E-state index in [1.165, 1.54) is 12.6 Å². The van der Waals surface area contributed by atoms with E-state index in [-0.39, 0.29) is 5.91 Å². The van der Waals surface area contributed by atoms with Crippen LogP contribution < -0.4 is 5.32 Å². The Morgan fingerprint density at radius 2 is 2.06 bits per heavy atom. The van der Waals surface area contributed by atoms with Crippen LogP contribution in [-0.2, 0) is 0 Å². The molecule has 0 aliphatic carbocycles. The molecule has 1 aromatic heterocycles. The highest BCUT2D eigenvalue weighted by Gasteiger charge is 2.19. The molecule has 0 aromatic carbocycles. The first-order chi connectivity index (χ1) is 7.81. The molecule has 0 bridgehead atoms. The average Bonchev–Trinajstić information content (AvgIpc) is 2.39. The van der Waals surface area contributed by atoms with Gasteiger partial charge in [0, 0.05) is 20.1 Å². The van der Waals surface area contributed by atoms with Gasteiger partial charge in [0.2, 0.25) is 0 Å². The summed E-state index contributed by atoms with van der Waals surface area (Å²) in [6.07, 6.45) is 6.52. The van der Waals surface area contributed by atoms with Crippen LogP contribution in [-0.4, -0.2) is 40.9 Å². The van der Waals surface area contributed by atoms with Gasteiger partial charge in [-0.25, -0.2) is 4.98 Å². The standard InChI is InChI=1S/C11H16N4O/c1-12-10-8-13-7-9(14-10)11(16)15-5-3-2-4-6-15/h7-8H,2-6H2,1H3,(H,12,14). The van der Waals surface area contributed by atoms with Crippen LogP contribution in [0.1, 0.15) is 29.8 Å². The van der Waals surface area contributed by atoms with E-state index in [2.05, 4.69) is 15.3 Å². The molecule has 1 saturated heterocycles. The Morgan fingerprint density at radius 3 is 2.75 bits per heavy atom. The molecule has 0 unspecified atom stereocenters. The quantitative estimate of drug-likeness (QED) is 0.812. The number of amides is 1. The Kier molecular flexibility index (Phi) is 3.34. The summed E-state index contributed by atoms with van der Waals surface area (Å²) < 4.78 is 0. The molecule has 1 aliphatic rings. The van der Waals surface area contributed by atoms with Crippen molar-refractivity contribution in [3.05, 3.63) is 18.1 Å². The van der Waals surface area contributed by atoms with E-state index in [0.29, 0.717) is 11.5 Å². The zero-order chi connectivity index (χ0) is 11.4. The topological polar surface area (TPSA) is 58.1 Å². The highest BCUT2D eigenvalue weighted by atomic mass is 16.2. The number of rotatable bonds is 2. The molecule has 0 radical (unpaired) electrons. The van der Waals surface area contributed by atoms with E-state index in [1.54, 1.807) is 13.2 Å². The third-order valence-electron chi connectivity index (χ3n) is 2.75. The Balaban J connectivity index is 2.12. The van der Waals surface area contributed by atoms with Crippen LogP contribution in [0, 0.1) is 0 Å². The van der Waals surface area contributed by atoms with Crippen LogP contribution in [0.25, 0.3) is 0 Å². The number of likely N-dealkylation sites (tertiary alicyclic amines) is 1. The van der Waals surface area contributed by atoms with Gasteiger partial charge in [-0.2, -0.15) is 0 Å². The predicted octanol–water partition coefficient (Wildman–Crippen LogP) is 1.14. The van der Waals surface area contributed by atoms with Crippen LogP contribution in [0.5, 0.6) is 0 Å². The molecule has 1 N–H and O–H groups in total. The molecule has 1 aromatic rings. The lowest BCUT2D eigenvalue weighted by atomic mass is 10.1. The van der Waals surface area contributed by atoms with Gasteiger partial charge < -0.3 is 10.2 Å². The number of anilines is 1. The molecule has 0 atom stereocenters. The maximum Gasteiger partial charge on any atom is 0.274 e. The Morgan fingerprint density at radius 1 is 1.31 bits per heavy atom. The monoisotopic (exact) mass is 220 g/mol. The maximum absolute atomic E-state index is 12.1. The van der Waals surface area contributed by atoms with Crippen LogP contribution in [0.3, 0.4) is 0 Å². The third-order valence-corrected chi connectivity index (χ3v) is 2.75. The van der Waals surface area contributed by atoms with Gasteiger partial charge in [-0.1, -0.05) is 0 Å². The number of carbonyl (C=O) groups excluding carboxylic acids is 1. The van der Waals surface area contributed by atoms with E-state index in [0.717, 1.165) is 25.9 Å². The Labute approximate surface area is 94.9 Å². The van der Waals surface area contributed by atoms with Crippen molar-refractivity contribution in [2.45, 2.75) is 19.3 Å². The van der Waals surface area contributed by atoms with Gasteiger partial charge >= 0.3 is 0 Å². The van der Waals surface area contributed by atoms with E-state index in [9.17, 15) is 4.79 Å². The van der Waals surface area contributed by atoms with Crippen molar-refractivity contribution in [1.82, 2.24) is 14.9 Å². The highest BCUT2D eigenvalue weighted by molar-refractivity contribution is 5.92. The number of aromatic nitrogens is 2. The van der Waals surface area contributed by atoms with Gasteiger partial charge in [0.1, 0.15) is 11.5 Å². The lowest BCUT2D eigenvalue weighted by molar-refractivity contribution is 0.0718. The normalized spacial score (nSPS) is 15.9. The average molecular weight is 220 g/mol. The summed E-state index contributed by atoms with van der Waals surface area (Å²) in [5.41, 5.74) is 0.425. The molecule has 1 aliphatic heterocycles. The summed E-state index contributed by atoms with van der Waals surface area (Å²) >= 11 is 0. The minimum absolute atomic E-state index is 0.00991. The Bertz CT molecular complexity index is 374. The number of carbonyl (C=O) groups is 1. The van der Waals surface area contributed by atoms with Crippen LogP contribution >= 0.6 is 0 Å². The third kappa shape index (κ3) is 2.29. The van der Waals surface area contributed by atoms with Crippen molar-refractivity contribution in [2.75, 3.05) is 25.5 Å². The Hall–Kier alpha value is -1.65. The zero-order valence-electron chi connectivity index (χ0n) is 9.44. The summed E-state index contributed by atoms with van der Waals surface area (Å²) in [5, 5.41) is 2.88. The van der Waals surface area contributed by atoms with Crippen LogP contribution in [0.4, 0.5) is 5.82 Å². The fraction of sp³-hybridized carbons (Fsp3) is 0.545. The number of piperidine rings is 1. The summed E-state index contributed by atoms with van der Waals surface area (Å²) in [6.45, 7) is 1.68. The lowest BCUT2D eigenvalue weighted by Crippen LogP contribution is -2.36. The number of nitrogens with zero attached hydrogens (tertiary/aromatic N) is 3. The molecule has 2 heterocycles. The SMILES string of the molecule is CNc1cncc(C(=O)N2CCCCC2)n1. The second-order valence-electron chi connectivity index (χ2n) is 3.89. The van der Waals surface area contributed by atoms with Gasteiger partial charge in [0.15, 0.2) is 0 Å². The van der Waals surface area contributed by atoms with Crippen molar-refractivity contribution < 1.29 is 4.79 Å². The lowest BCUT2D eigenvalue weighted by Gasteiger charge is -2.26. The van der Waals surface area contributed by atoms with Crippen LogP contribution in [0.2, 0.25) is 0 Å². The summed E-state index contributed by atoms with van der Waals surface area (Å²) in [4.78, 5) is 22.1. The van der Waals surface area contributed by atoms with E-state index < -0.39 is 0 Å². The largest absolute Gasteiger partial charge is 0.372 e. The van der Waals surface area contributed by atoms with E-state index in [4.69, 9.17) is 0 Å². The molecule has 0 saturated carbocycles. The molecule has 1 amide bonds. The van der Waals surface area contributed by atoms with Gasteiger partial charge in [-0.05, 0) is 19.3 Å². The van der Waals surface area contributed by atoms with Gasteiger partial charge in [0.05, 0.1) is 12.4 Å². The molecule has 5 heteroatoms. The van der Waals surface area contributed by atoms with Crippen molar-refractivity contribution in [1.29, 1.82) is 0 Å². The molecule has 86 valence electrons. The van der Waals surface area contributed by atoms with Crippen molar-refractivity contribution >= 4 is 11.7 Å². The first-order valence-corrected chi connectivity index (χ1v) is 5.60. The van der Waals surface area contributed by atoms with Crippen molar-refractivity contribution in [2.24, 2.45) is 0 Å². The molecule has 5 nitrogen and oxygen atoms in total. The molecule has 1 fully saturated rings.